The number of rotatable bonds is 19. The molecule has 0 atom stereocenters. The van der Waals surface area contributed by atoms with Crippen LogP contribution >= 0.6 is 0 Å². The van der Waals surface area contributed by atoms with Gasteiger partial charge in [0.2, 0.25) is 0 Å². The fraction of sp³-hybridized carbons (Fsp3) is 0.955. The first-order valence-electron chi connectivity index (χ1n) is 12.3. The van der Waals surface area contributed by atoms with E-state index in [4.69, 9.17) is 4.12 Å². The smallest absolute Gasteiger partial charge is 0.275 e. The van der Waals surface area contributed by atoms with E-state index < -0.39 is 34.0 Å². The summed E-state index contributed by atoms with van der Waals surface area (Å²) in [5.74, 6) is 0.368. The summed E-state index contributed by atoms with van der Waals surface area (Å²) in [4.78, 5) is 12.3. The molecular formula is C22H50INO4Si4. The van der Waals surface area contributed by atoms with Gasteiger partial charge in [-0.2, -0.15) is 0 Å². The van der Waals surface area contributed by atoms with Gasteiger partial charge in [0.1, 0.15) is 5.78 Å². The summed E-state index contributed by atoms with van der Waals surface area (Å²) in [5, 5.41) is 0. The summed E-state index contributed by atoms with van der Waals surface area (Å²) in [6.45, 7) is 11.7. The van der Waals surface area contributed by atoms with Crippen molar-refractivity contribution in [2.45, 2.75) is 108 Å². The maximum absolute atomic E-state index is 12.6. The normalized spacial score (nSPS) is 12.4. The quantitative estimate of drug-likeness (QED) is 0.0953. The number of nitrogens with zero attached hydrogens (tertiary/aromatic N) is 1. The van der Waals surface area contributed by atoms with Gasteiger partial charge in [-0.1, -0.05) is 20.3 Å². The zero-order valence-corrected chi connectivity index (χ0v) is 28.3. The van der Waals surface area contributed by atoms with Crippen LogP contribution in [0.1, 0.15) is 58.8 Å². The third-order valence-electron chi connectivity index (χ3n) is 5.47. The first-order valence-corrected chi connectivity index (χ1v) is 21.9. The average molecular weight is 632 g/mol. The molecule has 0 aromatic heterocycles. The van der Waals surface area contributed by atoms with Gasteiger partial charge in [0.25, 0.3) is 17.4 Å². The molecule has 0 rings (SSSR count). The van der Waals surface area contributed by atoms with E-state index in [0.717, 1.165) is 42.8 Å². The molecule has 10 heteroatoms. The number of quaternary nitrogens is 1. The minimum atomic E-state index is -2.31. The molecule has 0 bridgehead atoms. The topological polar surface area (TPSA) is 60.4 Å². The van der Waals surface area contributed by atoms with Crippen LogP contribution < -0.4 is 24.0 Å². The van der Waals surface area contributed by atoms with Gasteiger partial charge in [-0.05, 0) is 63.5 Å². The van der Waals surface area contributed by atoms with Crippen molar-refractivity contribution >= 4 is 39.8 Å². The van der Waals surface area contributed by atoms with E-state index in [9.17, 15) is 13.7 Å². The average Bonchev–Trinajstić information content (AvgIpc) is 2.62. The number of halogens is 1. The predicted octanol–water partition coefficient (Wildman–Crippen LogP) is 2.76. The minimum absolute atomic E-state index is 0. The lowest BCUT2D eigenvalue weighted by molar-refractivity contribution is -0.870. The van der Waals surface area contributed by atoms with Crippen molar-refractivity contribution in [3.8, 4) is 0 Å². The molecule has 0 aliphatic carbocycles. The van der Waals surface area contributed by atoms with Crippen molar-refractivity contribution in [1.82, 2.24) is 0 Å². The third kappa shape index (κ3) is 19.1. The Kier molecular flexibility index (Phi) is 18.8. The molecule has 0 aromatic carbocycles. The third-order valence-corrected chi connectivity index (χ3v) is 20.8. The lowest BCUT2D eigenvalue weighted by Crippen LogP contribution is -3.00. The highest BCUT2D eigenvalue weighted by atomic mass is 127. The molecule has 0 aliphatic rings. The lowest BCUT2D eigenvalue weighted by atomic mass is 10.1. The number of ketones is 1. The Balaban J connectivity index is 0. The Morgan fingerprint density at radius 2 is 1.28 bits per heavy atom. The van der Waals surface area contributed by atoms with Gasteiger partial charge in [-0.25, -0.2) is 0 Å². The highest BCUT2D eigenvalue weighted by Gasteiger charge is 2.42. The molecule has 0 aromatic rings. The largest absolute Gasteiger partial charge is 1.00 e. The number of hydrogen-bond acceptors (Lipinski definition) is 4. The van der Waals surface area contributed by atoms with Gasteiger partial charge in [-0.15, -0.1) is 0 Å². The van der Waals surface area contributed by atoms with Crippen molar-refractivity contribution in [2.75, 3.05) is 27.7 Å². The summed E-state index contributed by atoms with van der Waals surface area (Å²) in [7, 11) is -0.869. The Bertz CT molecular complexity index is 559. The van der Waals surface area contributed by atoms with Gasteiger partial charge in [0, 0.05) is 24.2 Å². The molecule has 190 valence electrons. The predicted molar refractivity (Wildman–Crippen MR) is 139 cm³/mol. The first-order chi connectivity index (χ1) is 14.2. The molecule has 5 nitrogen and oxygen atoms in total. The summed E-state index contributed by atoms with van der Waals surface area (Å²) < 4.78 is 32.9. The van der Waals surface area contributed by atoms with E-state index >= 15 is 0 Å². The van der Waals surface area contributed by atoms with Gasteiger partial charge in [0.05, 0.1) is 27.7 Å². The van der Waals surface area contributed by atoms with Crippen LogP contribution in [0.2, 0.25) is 49.1 Å². The Morgan fingerprint density at radius 1 is 0.812 bits per heavy atom. The number of carbonyl (C=O) groups is 1. The van der Waals surface area contributed by atoms with Crippen molar-refractivity contribution in [3.05, 3.63) is 0 Å². The van der Waals surface area contributed by atoms with Gasteiger partial charge in [0.15, 0.2) is 16.6 Å². The summed E-state index contributed by atoms with van der Waals surface area (Å²) in [5.41, 5.74) is 1.35. The van der Waals surface area contributed by atoms with Crippen LogP contribution in [0.25, 0.3) is 0 Å². The van der Waals surface area contributed by atoms with E-state index in [1.54, 1.807) is 0 Å². The van der Waals surface area contributed by atoms with E-state index in [2.05, 4.69) is 40.8 Å². The van der Waals surface area contributed by atoms with Crippen LogP contribution in [0.15, 0.2) is 0 Å². The molecule has 0 aliphatic heterocycles. The zero-order valence-electron chi connectivity index (χ0n) is 22.2. The molecule has 0 amide bonds. The Morgan fingerprint density at radius 3 is 1.69 bits per heavy atom. The number of hydrogen-bond donors (Lipinski definition) is 0. The molecule has 32 heavy (non-hydrogen) atoms. The van der Waals surface area contributed by atoms with Crippen molar-refractivity contribution < 1.29 is 46.3 Å². The van der Waals surface area contributed by atoms with E-state index in [1.165, 1.54) is 6.42 Å². The summed E-state index contributed by atoms with van der Waals surface area (Å²) in [6.07, 6.45) is 6.43. The van der Waals surface area contributed by atoms with Crippen LogP contribution in [-0.2, 0) is 17.8 Å². The van der Waals surface area contributed by atoms with Crippen LogP contribution in [0.4, 0.5) is 0 Å². The van der Waals surface area contributed by atoms with E-state index in [1.807, 2.05) is 13.8 Å². The van der Waals surface area contributed by atoms with E-state index in [0.29, 0.717) is 42.0 Å². The molecule has 0 saturated heterocycles. The molecule has 0 fully saturated rings. The standard InChI is InChI=1S/C22H50NO4Si4.HI/c1-9-28(25)20-31(21-29(26)10-2,27-30(6,7)8)19-15-13-17-22(24)16-12-11-14-18-23(3,4)5;/h9-21H2,1-8H3;1H/q+1;/p-1. The Hall–Kier alpha value is 0.788. The van der Waals surface area contributed by atoms with Crippen molar-refractivity contribution in [2.24, 2.45) is 0 Å². The SMILES string of the molecule is CC[Si](=O)C[Si](CCCCC(=O)CCCCC[N+](C)(C)C)(C[Si](=O)CC)O[Si](C)(C)C.[I-]. The number of unbranched alkanes of at least 4 members (excludes halogenated alkanes) is 3. The first kappa shape index (κ1) is 35.0. The fourth-order valence-corrected chi connectivity index (χ4v) is 23.1. The lowest BCUT2D eigenvalue weighted by Gasteiger charge is -2.37. The fourth-order valence-electron chi connectivity index (χ4n) is 3.96. The highest BCUT2D eigenvalue weighted by Crippen LogP contribution is 2.30. The zero-order chi connectivity index (χ0) is 24.1. The summed E-state index contributed by atoms with van der Waals surface area (Å²) in [6, 6.07) is 2.31. The van der Waals surface area contributed by atoms with Crippen LogP contribution in [0, 0.1) is 0 Å². The molecule has 0 unspecified atom stereocenters. The number of carbonyl (C=O) groups excluding carboxylic acids is 1. The monoisotopic (exact) mass is 631 g/mol. The van der Waals surface area contributed by atoms with Gasteiger partial charge >= 0.3 is 0 Å². The highest BCUT2D eigenvalue weighted by molar-refractivity contribution is 6.94. The second-order valence-electron chi connectivity index (χ2n) is 11.1. The maximum Gasteiger partial charge on any atom is 0.275 e. The van der Waals surface area contributed by atoms with E-state index in [-0.39, 0.29) is 24.0 Å². The Labute approximate surface area is 220 Å². The van der Waals surface area contributed by atoms with Gasteiger partial charge in [-0.3, -0.25) is 4.79 Å². The molecule has 0 spiro atoms. The second kappa shape index (κ2) is 17.3. The van der Waals surface area contributed by atoms with Crippen LogP contribution in [-0.4, -0.2) is 72.0 Å². The molecule has 0 radical (unpaired) electrons. The molecule has 0 N–H and O–H groups in total. The van der Waals surface area contributed by atoms with Crippen molar-refractivity contribution in [3.63, 3.8) is 0 Å². The van der Waals surface area contributed by atoms with Gasteiger partial charge < -0.3 is 41.5 Å². The molecule has 0 heterocycles. The molecular weight excluding hydrogens is 581 g/mol. The molecule has 0 saturated carbocycles. The van der Waals surface area contributed by atoms with Crippen molar-refractivity contribution in [1.29, 1.82) is 0 Å². The van der Waals surface area contributed by atoms with Crippen LogP contribution in [0.3, 0.4) is 0 Å². The van der Waals surface area contributed by atoms with Crippen LogP contribution in [0.5, 0.6) is 0 Å². The maximum atomic E-state index is 12.6. The summed E-state index contributed by atoms with van der Waals surface area (Å²) >= 11 is 0. The minimum Gasteiger partial charge on any atom is -1.00 e. The second-order valence-corrected chi connectivity index (χ2v) is 25.4. The number of Topliss-reactive ketones (excluding diaryl/α,β-unsaturated/α-hetero) is 1.